The molecule has 0 radical (unpaired) electrons. The normalized spacial score (nSPS) is 10.8. The van der Waals surface area contributed by atoms with E-state index < -0.39 is 0 Å². The zero-order chi connectivity index (χ0) is 12.3. The number of thiophene rings is 1. The molecule has 3 heteroatoms. The molecule has 0 aliphatic rings. The summed E-state index contributed by atoms with van der Waals surface area (Å²) < 4.78 is 12.9. The molecule has 2 rings (SSSR count). The molecule has 1 heterocycles. The second kappa shape index (κ2) is 5.43. The van der Waals surface area contributed by atoms with Gasteiger partial charge in [0, 0.05) is 11.4 Å². The minimum atomic E-state index is -0.185. The van der Waals surface area contributed by atoms with Crippen molar-refractivity contribution < 1.29 is 4.39 Å². The van der Waals surface area contributed by atoms with Crippen LogP contribution in [0.2, 0.25) is 0 Å². The highest BCUT2D eigenvalue weighted by atomic mass is 32.1. The molecule has 0 saturated carbocycles. The molecule has 1 aromatic carbocycles. The number of halogens is 1. The van der Waals surface area contributed by atoms with Crippen LogP contribution in [-0.2, 0) is 6.54 Å². The summed E-state index contributed by atoms with van der Waals surface area (Å²) in [6, 6.07) is 6.73. The van der Waals surface area contributed by atoms with Crippen molar-refractivity contribution in [2.45, 2.75) is 20.4 Å². The minimum absolute atomic E-state index is 0.185. The average molecular weight is 249 g/mol. The van der Waals surface area contributed by atoms with Crippen molar-refractivity contribution in [3.05, 3.63) is 45.9 Å². The molecule has 90 valence electrons. The van der Waals surface area contributed by atoms with Gasteiger partial charge in [0.2, 0.25) is 0 Å². The first-order valence-corrected chi connectivity index (χ1v) is 6.64. The third kappa shape index (κ3) is 2.73. The zero-order valence-corrected chi connectivity index (χ0v) is 10.9. The van der Waals surface area contributed by atoms with Crippen LogP contribution in [0.5, 0.6) is 0 Å². The maximum Gasteiger partial charge on any atom is 0.123 e. The van der Waals surface area contributed by atoms with Gasteiger partial charge in [-0.3, -0.25) is 0 Å². The molecule has 0 atom stereocenters. The lowest BCUT2D eigenvalue weighted by atomic mass is 10.0. The molecule has 2 aromatic rings. The quantitative estimate of drug-likeness (QED) is 0.864. The van der Waals surface area contributed by atoms with E-state index in [1.165, 1.54) is 28.1 Å². The van der Waals surface area contributed by atoms with Crippen molar-refractivity contribution in [1.29, 1.82) is 0 Å². The molecule has 0 bridgehead atoms. The Kier molecular flexibility index (Phi) is 3.92. The summed E-state index contributed by atoms with van der Waals surface area (Å²) in [5.41, 5.74) is 3.63. The Morgan fingerprint density at radius 3 is 2.59 bits per heavy atom. The number of hydrogen-bond acceptors (Lipinski definition) is 2. The van der Waals surface area contributed by atoms with Gasteiger partial charge in [-0.25, -0.2) is 4.39 Å². The van der Waals surface area contributed by atoms with Gasteiger partial charge in [0.15, 0.2) is 0 Å². The summed E-state index contributed by atoms with van der Waals surface area (Å²) in [5.74, 6) is -0.185. The molecule has 17 heavy (non-hydrogen) atoms. The predicted octanol–water partition coefficient (Wildman–Crippen LogP) is 3.97. The van der Waals surface area contributed by atoms with Crippen molar-refractivity contribution in [3.8, 4) is 11.1 Å². The SMILES string of the molecule is CCNCc1csc(C)c1-c1ccc(F)cc1. The Morgan fingerprint density at radius 2 is 1.94 bits per heavy atom. The van der Waals surface area contributed by atoms with E-state index in [4.69, 9.17) is 0 Å². The van der Waals surface area contributed by atoms with Gasteiger partial charge in [-0.05, 0) is 47.7 Å². The minimum Gasteiger partial charge on any atom is -0.313 e. The van der Waals surface area contributed by atoms with Gasteiger partial charge >= 0.3 is 0 Å². The fraction of sp³-hybridized carbons (Fsp3) is 0.286. The first-order chi connectivity index (χ1) is 8.22. The van der Waals surface area contributed by atoms with E-state index in [0.29, 0.717) is 0 Å². The fourth-order valence-electron chi connectivity index (χ4n) is 1.90. The molecule has 0 aliphatic carbocycles. The molecule has 1 nitrogen and oxygen atoms in total. The number of benzene rings is 1. The van der Waals surface area contributed by atoms with E-state index >= 15 is 0 Å². The summed E-state index contributed by atoms with van der Waals surface area (Å²) >= 11 is 1.75. The predicted molar refractivity (Wildman–Crippen MR) is 71.8 cm³/mol. The van der Waals surface area contributed by atoms with Gasteiger partial charge < -0.3 is 5.32 Å². The van der Waals surface area contributed by atoms with E-state index in [0.717, 1.165) is 18.7 Å². The average Bonchev–Trinajstić information content (AvgIpc) is 2.69. The summed E-state index contributed by atoms with van der Waals surface area (Å²) in [6.07, 6.45) is 0. The molecule has 0 fully saturated rings. The number of rotatable bonds is 4. The molecule has 0 aliphatic heterocycles. The van der Waals surface area contributed by atoms with Crippen LogP contribution in [-0.4, -0.2) is 6.54 Å². The maximum atomic E-state index is 12.9. The molecule has 1 aromatic heterocycles. The fourth-order valence-corrected chi connectivity index (χ4v) is 2.79. The maximum absolute atomic E-state index is 12.9. The van der Waals surface area contributed by atoms with Crippen LogP contribution in [0.15, 0.2) is 29.6 Å². The lowest BCUT2D eigenvalue weighted by Gasteiger charge is -2.06. The third-order valence-electron chi connectivity index (χ3n) is 2.75. The lowest BCUT2D eigenvalue weighted by Crippen LogP contribution is -2.11. The van der Waals surface area contributed by atoms with Gasteiger partial charge in [-0.1, -0.05) is 19.1 Å². The molecule has 1 N–H and O–H groups in total. The Morgan fingerprint density at radius 1 is 1.24 bits per heavy atom. The highest BCUT2D eigenvalue weighted by molar-refractivity contribution is 7.10. The molecular formula is C14H16FNS. The molecule has 0 unspecified atom stereocenters. The highest BCUT2D eigenvalue weighted by Crippen LogP contribution is 2.32. The highest BCUT2D eigenvalue weighted by Gasteiger charge is 2.10. The van der Waals surface area contributed by atoms with Crippen molar-refractivity contribution in [2.24, 2.45) is 0 Å². The topological polar surface area (TPSA) is 12.0 Å². The van der Waals surface area contributed by atoms with Gasteiger partial charge in [0.1, 0.15) is 5.82 Å². The first-order valence-electron chi connectivity index (χ1n) is 5.76. The summed E-state index contributed by atoms with van der Waals surface area (Å²) in [5, 5.41) is 5.51. The van der Waals surface area contributed by atoms with Crippen LogP contribution in [0.1, 0.15) is 17.4 Å². The second-order valence-electron chi connectivity index (χ2n) is 3.98. The zero-order valence-electron chi connectivity index (χ0n) is 10.1. The molecule has 0 amide bonds. The smallest absolute Gasteiger partial charge is 0.123 e. The van der Waals surface area contributed by atoms with E-state index in [1.54, 1.807) is 11.3 Å². The third-order valence-corrected chi connectivity index (χ3v) is 3.71. The van der Waals surface area contributed by atoms with E-state index in [9.17, 15) is 4.39 Å². The second-order valence-corrected chi connectivity index (χ2v) is 5.06. The van der Waals surface area contributed by atoms with Crippen LogP contribution in [0.3, 0.4) is 0 Å². The van der Waals surface area contributed by atoms with Crippen LogP contribution >= 0.6 is 11.3 Å². The van der Waals surface area contributed by atoms with Crippen LogP contribution in [0.4, 0.5) is 4.39 Å². The van der Waals surface area contributed by atoms with E-state index in [2.05, 4.69) is 24.5 Å². The monoisotopic (exact) mass is 249 g/mol. The van der Waals surface area contributed by atoms with Gasteiger partial charge in [0.05, 0.1) is 0 Å². The van der Waals surface area contributed by atoms with E-state index in [-0.39, 0.29) is 5.82 Å². The van der Waals surface area contributed by atoms with Gasteiger partial charge in [-0.2, -0.15) is 0 Å². The molecule has 0 saturated heterocycles. The van der Waals surface area contributed by atoms with Gasteiger partial charge in [-0.15, -0.1) is 11.3 Å². The molecule has 0 spiro atoms. The van der Waals surface area contributed by atoms with Crippen LogP contribution < -0.4 is 5.32 Å². The molecular weight excluding hydrogens is 233 g/mol. The first kappa shape index (κ1) is 12.3. The number of hydrogen-bond donors (Lipinski definition) is 1. The lowest BCUT2D eigenvalue weighted by molar-refractivity contribution is 0.628. The Bertz CT molecular complexity index is 487. The largest absolute Gasteiger partial charge is 0.313 e. The number of aryl methyl sites for hydroxylation is 1. The Balaban J connectivity index is 2.36. The van der Waals surface area contributed by atoms with Gasteiger partial charge in [0.25, 0.3) is 0 Å². The van der Waals surface area contributed by atoms with Crippen molar-refractivity contribution in [2.75, 3.05) is 6.54 Å². The van der Waals surface area contributed by atoms with Crippen LogP contribution in [0.25, 0.3) is 11.1 Å². The standard InChI is InChI=1S/C14H16FNS/c1-3-16-8-12-9-17-10(2)14(12)11-4-6-13(15)7-5-11/h4-7,9,16H,3,8H2,1-2H3. The van der Waals surface area contributed by atoms with Crippen molar-refractivity contribution >= 4 is 11.3 Å². The number of nitrogens with one attached hydrogen (secondary N) is 1. The summed E-state index contributed by atoms with van der Waals surface area (Å²) in [4.78, 5) is 1.28. The van der Waals surface area contributed by atoms with Crippen molar-refractivity contribution in [1.82, 2.24) is 5.32 Å². The Hall–Kier alpha value is -1.19. The Labute approximate surface area is 105 Å². The van der Waals surface area contributed by atoms with E-state index in [1.807, 2.05) is 12.1 Å². The van der Waals surface area contributed by atoms with Crippen LogP contribution in [0, 0.1) is 12.7 Å². The summed E-state index contributed by atoms with van der Waals surface area (Å²) in [6.45, 7) is 6.03. The van der Waals surface area contributed by atoms with Crippen molar-refractivity contribution in [3.63, 3.8) is 0 Å². The summed E-state index contributed by atoms with van der Waals surface area (Å²) in [7, 11) is 0.